The molecule has 1 aliphatic heterocycles. The third-order valence-electron chi connectivity index (χ3n) is 5.86. The van der Waals surface area contributed by atoms with Gasteiger partial charge in [0.05, 0.1) is 12.5 Å². The van der Waals surface area contributed by atoms with Gasteiger partial charge in [0.2, 0.25) is 12.4 Å². The van der Waals surface area contributed by atoms with E-state index in [1.54, 1.807) is 12.1 Å². The van der Waals surface area contributed by atoms with Crippen molar-refractivity contribution in [1.82, 2.24) is 0 Å². The third-order valence-corrected chi connectivity index (χ3v) is 5.86. The SMILES string of the molecule is CC(=O)OC[C@H]1OC(Oc2ccccc2Cc2ccc(CC#N)cc2)[C@H](OC(C)=O)[C@@H](OC(C)=O)[C@@H]1OC(C)=O. The zero-order valence-corrected chi connectivity index (χ0v) is 22.7. The number of carbonyl (C=O) groups excluding carboxylic acids is 4. The first-order valence-electron chi connectivity index (χ1n) is 12.6. The summed E-state index contributed by atoms with van der Waals surface area (Å²) >= 11 is 0. The van der Waals surface area contributed by atoms with Crippen molar-refractivity contribution in [1.29, 1.82) is 5.26 Å². The molecule has 11 nitrogen and oxygen atoms in total. The minimum absolute atomic E-state index is 0.308. The molecule has 1 saturated heterocycles. The fourth-order valence-electron chi connectivity index (χ4n) is 4.26. The predicted molar refractivity (Wildman–Crippen MR) is 138 cm³/mol. The van der Waals surface area contributed by atoms with E-state index in [1.165, 1.54) is 6.92 Å². The number of ether oxygens (including phenoxy) is 6. The maximum atomic E-state index is 12.1. The molecule has 3 rings (SSSR count). The Morgan fingerprint density at radius 3 is 1.95 bits per heavy atom. The molecule has 0 aromatic heterocycles. The second-order valence-corrected chi connectivity index (χ2v) is 9.12. The maximum Gasteiger partial charge on any atom is 0.303 e. The number of para-hydroxylation sites is 1. The van der Waals surface area contributed by atoms with Gasteiger partial charge in [-0.1, -0.05) is 42.5 Å². The molecule has 0 spiro atoms. The van der Waals surface area contributed by atoms with Crippen molar-refractivity contribution < 1.29 is 47.6 Å². The van der Waals surface area contributed by atoms with Gasteiger partial charge in [0.15, 0.2) is 12.2 Å². The van der Waals surface area contributed by atoms with Crippen LogP contribution in [0, 0.1) is 11.3 Å². The van der Waals surface area contributed by atoms with Gasteiger partial charge >= 0.3 is 23.9 Å². The molecule has 212 valence electrons. The summed E-state index contributed by atoms with van der Waals surface area (Å²) in [6.07, 6.45) is -5.61. The van der Waals surface area contributed by atoms with Gasteiger partial charge in [0.25, 0.3) is 0 Å². The molecule has 1 unspecified atom stereocenters. The van der Waals surface area contributed by atoms with Crippen LogP contribution in [0.5, 0.6) is 5.75 Å². The smallest absolute Gasteiger partial charge is 0.303 e. The molecule has 1 aliphatic rings. The van der Waals surface area contributed by atoms with Crippen LogP contribution in [0.25, 0.3) is 0 Å². The molecule has 1 heterocycles. The molecular weight excluding hydrogens is 522 g/mol. The minimum atomic E-state index is -1.34. The summed E-state index contributed by atoms with van der Waals surface area (Å²) in [5, 5.41) is 8.91. The molecule has 0 amide bonds. The Hall–Kier alpha value is -4.43. The molecular formula is C29H31NO10. The average Bonchev–Trinajstić information content (AvgIpc) is 2.88. The van der Waals surface area contributed by atoms with E-state index in [0.717, 1.165) is 37.5 Å². The Bertz CT molecular complexity index is 1250. The molecule has 2 aromatic carbocycles. The highest BCUT2D eigenvalue weighted by Crippen LogP contribution is 2.32. The number of hydrogen-bond acceptors (Lipinski definition) is 11. The largest absolute Gasteiger partial charge is 0.463 e. The van der Waals surface area contributed by atoms with E-state index in [4.69, 9.17) is 33.7 Å². The summed E-state index contributed by atoms with van der Waals surface area (Å²) in [7, 11) is 0. The summed E-state index contributed by atoms with van der Waals surface area (Å²) in [5.74, 6) is -2.38. The topological polar surface area (TPSA) is 147 Å². The van der Waals surface area contributed by atoms with Gasteiger partial charge in [-0.2, -0.15) is 5.26 Å². The van der Waals surface area contributed by atoms with E-state index in [9.17, 15) is 19.2 Å². The highest BCUT2D eigenvalue weighted by atomic mass is 16.7. The van der Waals surface area contributed by atoms with E-state index in [0.29, 0.717) is 18.6 Å². The Balaban J connectivity index is 1.96. The van der Waals surface area contributed by atoms with Crippen molar-refractivity contribution in [2.24, 2.45) is 0 Å². The number of nitriles is 1. The lowest BCUT2D eigenvalue weighted by molar-refractivity contribution is -0.288. The second kappa shape index (κ2) is 14.1. The number of rotatable bonds is 10. The van der Waals surface area contributed by atoms with Crippen molar-refractivity contribution in [3.8, 4) is 11.8 Å². The maximum absolute atomic E-state index is 12.1. The van der Waals surface area contributed by atoms with Crippen LogP contribution < -0.4 is 4.74 Å². The Kier molecular flexibility index (Phi) is 10.6. The van der Waals surface area contributed by atoms with Crippen LogP contribution in [0.1, 0.15) is 44.4 Å². The summed E-state index contributed by atoms with van der Waals surface area (Å²) in [5.41, 5.74) is 2.62. The minimum Gasteiger partial charge on any atom is -0.463 e. The lowest BCUT2D eigenvalue weighted by Crippen LogP contribution is -2.63. The van der Waals surface area contributed by atoms with Crippen LogP contribution in [0.4, 0.5) is 0 Å². The average molecular weight is 554 g/mol. The number of esters is 4. The first-order valence-corrected chi connectivity index (χ1v) is 12.6. The molecule has 5 atom stereocenters. The molecule has 1 fully saturated rings. The fourth-order valence-corrected chi connectivity index (χ4v) is 4.26. The zero-order chi connectivity index (χ0) is 29.2. The predicted octanol–water partition coefficient (Wildman–Crippen LogP) is 2.81. The molecule has 40 heavy (non-hydrogen) atoms. The van der Waals surface area contributed by atoms with Crippen LogP contribution in [0.15, 0.2) is 48.5 Å². The van der Waals surface area contributed by atoms with Gasteiger partial charge in [0, 0.05) is 34.1 Å². The highest BCUT2D eigenvalue weighted by Gasteiger charge is 2.53. The molecule has 11 heteroatoms. The summed E-state index contributed by atoms with van der Waals surface area (Å²) in [6, 6.07) is 16.8. The first kappa shape index (κ1) is 30.1. The first-order chi connectivity index (χ1) is 19.1. The molecule has 0 bridgehead atoms. The standard InChI is InChI=1S/C29H31NO10/c1-17(31)35-16-25-26(36-18(2)32)27(37-19(3)33)28(38-20(4)34)29(40-25)39-24-8-6-5-7-23(24)15-22-11-9-21(10-12-22)13-14-30/h5-12,25-29H,13,15-16H2,1-4H3/t25-,26-,27+,28-,29?/m1/s1. The number of nitrogens with zero attached hydrogens (tertiary/aromatic N) is 1. The summed E-state index contributed by atoms with van der Waals surface area (Å²) in [4.78, 5) is 47.6. The van der Waals surface area contributed by atoms with Crippen LogP contribution in [-0.2, 0) is 55.7 Å². The van der Waals surface area contributed by atoms with Crippen molar-refractivity contribution >= 4 is 23.9 Å². The molecule has 0 radical (unpaired) electrons. The van der Waals surface area contributed by atoms with Crippen LogP contribution >= 0.6 is 0 Å². The van der Waals surface area contributed by atoms with Crippen LogP contribution in [0.2, 0.25) is 0 Å². The van der Waals surface area contributed by atoms with E-state index >= 15 is 0 Å². The van der Waals surface area contributed by atoms with E-state index in [1.807, 2.05) is 36.4 Å². The van der Waals surface area contributed by atoms with E-state index in [2.05, 4.69) is 6.07 Å². The van der Waals surface area contributed by atoms with E-state index < -0.39 is 54.6 Å². The van der Waals surface area contributed by atoms with E-state index in [-0.39, 0.29) is 6.61 Å². The Labute approximate surface area is 231 Å². The van der Waals surface area contributed by atoms with Crippen molar-refractivity contribution in [2.75, 3.05) is 6.61 Å². The Morgan fingerprint density at radius 1 is 0.775 bits per heavy atom. The monoisotopic (exact) mass is 553 g/mol. The van der Waals surface area contributed by atoms with Crippen molar-refractivity contribution in [3.05, 3.63) is 65.2 Å². The highest BCUT2D eigenvalue weighted by molar-refractivity contribution is 5.68. The van der Waals surface area contributed by atoms with Crippen LogP contribution in [0.3, 0.4) is 0 Å². The van der Waals surface area contributed by atoms with Crippen molar-refractivity contribution in [2.45, 2.75) is 71.2 Å². The zero-order valence-electron chi connectivity index (χ0n) is 22.7. The summed E-state index contributed by atoms with van der Waals surface area (Å²) in [6.45, 7) is 4.32. The van der Waals surface area contributed by atoms with Gasteiger partial charge in [0.1, 0.15) is 18.5 Å². The van der Waals surface area contributed by atoms with Gasteiger partial charge in [-0.3, -0.25) is 19.2 Å². The lowest BCUT2D eigenvalue weighted by Gasteiger charge is -2.44. The fraction of sp³-hybridized carbons (Fsp3) is 0.414. The van der Waals surface area contributed by atoms with Gasteiger partial charge in [-0.05, 0) is 22.8 Å². The number of benzene rings is 2. The van der Waals surface area contributed by atoms with Crippen LogP contribution in [-0.4, -0.2) is 61.2 Å². The number of hydrogen-bond donors (Lipinski definition) is 0. The second-order valence-electron chi connectivity index (χ2n) is 9.12. The summed E-state index contributed by atoms with van der Waals surface area (Å²) < 4.78 is 33.7. The van der Waals surface area contributed by atoms with Crippen molar-refractivity contribution in [3.63, 3.8) is 0 Å². The normalized spacial score (nSPS) is 21.8. The third kappa shape index (κ3) is 8.54. The molecule has 0 saturated carbocycles. The van der Waals surface area contributed by atoms with Gasteiger partial charge in [-0.25, -0.2) is 0 Å². The molecule has 0 aliphatic carbocycles. The van der Waals surface area contributed by atoms with Gasteiger partial charge in [-0.15, -0.1) is 0 Å². The molecule has 2 aromatic rings. The lowest BCUT2D eigenvalue weighted by atomic mass is 9.97. The number of carbonyl (C=O) groups is 4. The van der Waals surface area contributed by atoms with Gasteiger partial charge < -0.3 is 28.4 Å². The Morgan fingerprint density at radius 2 is 1.35 bits per heavy atom. The quantitative estimate of drug-likeness (QED) is 0.316. The molecule has 0 N–H and O–H groups in total.